The molecule has 0 bridgehead atoms. The van der Waals surface area contributed by atoms with Gasteiger partial charge in [-0.25, -0.2) is 35.1 Å². The monoisotopic (exact) mass is 493 g/mol. The second-order valence-corrected chi connectivity index (χ2v) is 10.0. The Kier molecular flexibility index (Phi) is 7.44. The molecule has 0 aromatic heterocycles. The van der Waals surface area contributed by atoms with E-state index in [1.165, 1.54) is 13.0 Å². The number of allylic oxidation sites excluding steroid dienone is 4. The lowest BCUT2D eigenvalue weighted by Crippen LogP contribution is -2.47. The molecule has 2 aliphatic heterocycles. The zero-order valence-electron chi connectivity index (χ0n) is 17.9. The predicted octanol–water partition coefficient (Wildman–Crippen LogP) is 3.57. The van der Waals surface area contributed by atoms with Crippen LogP contribution in [-0.4, -0.2) is 50.5 Å². The molecule has 2 saturated heterocycles. The molecule has 2 fully saturated rings. The summed E-state index contributed by atoms with van der Waals surface area (Å²) in [5.41, 5.74) is -0.353. The molecule has 0 aliphatic carbocycles. The minimum Gasteiger partial charge on any atom is -0.292 e. The summed E-state index contributed by atoms with van der Waals surface area (Å²) in [5, 5.41) is 0. The molecular weight excluding hydrogens is 469 g/mol. The van der Waals surface area contributed by atoms with Crippen LogP contribution < -0.4 is 10.2 Å². The molecule has 0 spiro atoms. The Balaban J connectivity index is 1.86. The summed E-state index contributed by atoms with van der Waals surface area (Å²) in [6, 6.07) is 0.158. The molecule has 0 saturated carbocycles. The topological polar surface area (TPSA) is 70.7 Å². The number of hydroxylamine groups is 1. The molecule has 33 heavy (non-hydrogen) atoms. The molecule has 12 heteroatoms. The molecule has 2 aliphatic rings. The van der Waals surface area contributed by atoms with Gasteiger partial charge in [-0.3, -0.25) is 9.74 Å². The number of nitrogens with zero attached hydrogens (tertiary/aromatic N) is 1. The first kappa shape index (κ1) is 25.5. The van der Waals surface area contributed by atoms with Crippen LogP contribution in [0.2, 0.25) is 0 Å². The minimum atomic E-state index is -3.67. The van der Waals surface area contributed by atoms with Crippen molar-refractivity contribution in [3.63, 3.8) is 0 Å². The van der Waals surface area contributed by atoms with Crippen LogP contribution in [0.3, 0.4) is 0 Å². The average Bonchev–Trinajstić information content (AvgIpc) is 3.28. The van der Waals surface area contributed by atoms with Crippen molar-refractivity contribution in [1.29, 1.82) is 0 Å². The van der Waals surface area contributed by atoms with E-state index in [1.54, 1.807) is 4.90 Å². The Morgan fingerprint density at radius 2 is 2.06 bits per heavy atom. The van der Waals surface area contributed by atoms with Crippen LogP contribution in [0, 0.1) is 11.6 Å². The molecule has 2 unspecified atom stereocenters. The van der Waals surface area contributed by atoms with Crippen molar-refractivity contribution in [2.75, 3.05) is 19.3 Å². The van der Waals surface area contributed by atoms with Crippen LogP contribution >= 0.6 is 0 Å². The van der Waals surface area contributed by atoms with Gasteiger partial charge in [0.2, 0.25) is 10.0 Å². The Hall–Kier alpha value is -2.12. The smallest absolute Gasteiger partial charge is 0.209 e. The van der Waals surface area contributed by atoms with E-state index in [4.69, 9.17) is 4.84 Å². The van der Waals surface area contributed by atoms with Gasteiger partial charge in [0.1, 0.15) is 23.4 Å². The van der Waals surface area contributed by atoms with Gasteiger partial charge < -0.3 is 0 Å². The lowest BCUT2D eigenvalue weighted by Gasteiger charge is -2.22. The summed E-state index contributed by atoms with van der Waals surface area (Å²) in [6.07, 6.45) is 2.14. The number of hydrogen-bond acceptors (Lipinski definition) is 5. The highest BCUT2D eigenvalue weighted by molar-refractivity contribution is 7.88. The van der Waals surface area contributed by atoms with Gasteiger partial charge in [-0.2, -0.15) is 5.48 Å². The van der Waals surface area contributed by atoms with E-state index in [1.807, 2.05) is 0 Å². The summed E-state index contributed by atoms with van der Waals surface area (Å²) in [7, 11) is -3.67. The number of sulfonamides is 1. The molecule has 2 N–H and O–H groups in total. The van der Waals surface area contributed by atoms with Gasteiger partial charge >= 0.3 is 0 Å². The van der Waals surface area contributed by atoms with Crippen molar-refractivity contribution in [1.82, 2.24) is 15.1 Å². The van der Waals surface area contributed by atoms with Gasteiger partial charge in [0, 0.05) is 36.7 Å². The maximum atomic E-state index is 14.9. The van der Waals surface area contributed by atoms with E-state index in [-0.39, 0.29) is 19.5 Å². The number of halogens is 5. The third-order valence-electron chi connectivity index (χ3n) is 5.48. The van der Waals surface area contributed by atoms with Crippen molar-refractivity contribution >= 4 is 15.9 Å². The van der Waals surface area contributed by atoms with Crippen molar-refractivity contribution in [3.8, 4) is 0 Å². The normalized spacial score (nSPS) is 29.6. The molecule has 4 atom stereocenters. The van der Waals surface area contributed by atoms with Crippen LogP contribution in [0.15, 0.2) is 42.8 Å². The number of hydrogen-bond donors (Lipinski definition) is 2. The van der Waals surface area contributed by atoms with Crippen LogP contribution in [0.4, 0.5) is 22.0 Å². The van der Waals surface area contributed by atoms with Gasteiger partial charge in [-0.1, -0.05) is 18.7 Å². The van der Waals surface area contributed by atoms with Crippen LogP contribution in [-0.2, 0) is 14.9 Å². The van der Waals surface area contributed by atoms with E-state index in [0.29, 0.717) is 12.1 Å². The molecule has 0 amide bonds. The second kappa shape index (κ2) is 9.63. The van der Waals surface area contributed by atoms with Gasteiger partial charge in [0.25, 0.3) is 0 Å². The van der Waals surface area contributed by atoms with Gasteiger partial charge in [0.05, 0.1) is 18.5 Å². The first-order valence-electron chi connectivity index (χ1n) is 9.97. The number of rotatable bonds is 7. The lowest BCUT2D eigenvalue weighted by atomic mass is 9.97. The summed E-state index contributed by atoms with van der Waals surface area (Å²) >= 11 is 0. The van der Waals surface area contributed by atoms with Crippen LogP contribution in [0.1, 0.15) is 30.6 Å². The third-order valence-corrected chi connectivity index (χ3v) is 6.19. The third kappa shape index (κ3) is 5.87. The predicted molar refractivity (Wildman–Crippen MR) is 113 cm³/mol. The molecule has 0 radical (unpaired) electrons. The van der Waals surface area contributed by atoms with Gasteiger partial charge in [0.15, 0.2) is 11.7 Å². The van der Waals surface area contributed by atoms with E-state index in [2.05, 4.69) is 16.8 Å². The number of nitrogens with one attached hydrogen (secondary N) is 2. The second-order valence-electron chi connectivity index (χ2n) is 8.23. The highest BCUT2D eigenvalue weighted by atomic mass is 32.2. The average molecular weight is 493 g/mol. The van der Waals surface area contributed by atoms with Gasteiger partial charge in [-0.15, -0.1) is 0 Å². The number of benzene rings is 1. The van der Waals surface area contributed by atoms with E-state index < -0.39 is 68.4 Å². The Morgan fingerprint density at radius 1 is 1.36 bits per heavy atom. The fourth-order valence-corrected chi connectivity index (χ4v) is 4.80. The molecule has 6 nitrogen and oxygen atoms in total. The molecule has 182 valence electrons. The van der Waals surface area contributed by atoms with Crippen molar-refractivity contribution < 1.29 is 35.2 Å². The number of likely N-dealkylation sites (tertiary alicyclic amines) is 1. The highest BCUT2D eigenvalue weighted by Gasteiger charge is 2.48. The maximum absolute atomic E-state index is 14.9. The summed E-state index contributed by atoms with van der Waals surface area (Å²) in [4.78, 5) is 6.94. The highest BCUT2D eigenvalue weighted by Crippen LogP contribution is 2.39. The lowest BCUT2D eigenvalue weighted by molar-refractivity contribution is 0.00401. The van der Waals surface area contributed by atoms with Crippen molar-refractivity contribution in [2.45, 2.75) is 37.3 Å². The number of alkyl halides is 1. The first-order chi connectivity index (χ1) is 15.3. The van der Waals surface area contributed by atoms with E-state index >= 15 is 0 Å². The fourth-order valence-electron chi connectivity index (χ4n) is 3.96. The van der Waals surface area contributed by atoms with E-state index in [0.717, 1.165) is 18.4 Å². The molecule has 1 aromatic rings. The van der Waals surface area contributed by atoms with Crippen molar-refractivity contribution in [3.05, 3.63) is 65.5 Å². The zero-order chi connectivity index (χ0) is 24.6. The zero-order valence-corrected chi connectivity index (χ0v) is 18.7. The molecule has 1 aromatic carbocycles. The van der Waals surface area contributed by atoms with Crippen LogP contribution in [0.5, 0.6) is 0 Å². The quantitative estimate of drug-likeness (QED) is 0.449. The standard InChI is InChI=1S/C21H24F5N3O3S/c1-4-5-6-14(23)20(25)13-7-12(22)8-15(24)19(13)16-9-18(27-32-16)29-10-17(21(2,26)11-29)28-33(3,30)31/h4-8,16-18,27-28H,1,9-11H2,2-3H3/b6-5-,20-14+/t16?,17-,18?,21+/m1/s1. The van der Waals surface area contributed by atoms with E-state index in [9.17, 15) is 30.4 Å². The molecular formula is C21H24F5N3O3S. The van der Waals surface area contributed by atoms with Gasteiger partial charge in [-0.05, 0) is 19.1 Å². The Bertz CT molecular complexity index is 1090. The Morgan fingerprint density at radius 3 is 2.70 bits per heavy atom. The SMILES string of the molecule is C=C/C=C\C(F)=C(/F)c1cc(F)cc(F)c1C1CC(N2C[C@@H](NS(C)(=O)=O)[C@@](C)(F)C2)NO1. The largest absolute Gasteiger partial charge is 0.292 e. The summed E-state index contributed by atoms with van der Waals surface area (Å²) < 4.78 is 97.6. The fraction of sp³-hybridized carbons (Fsp3) is 0.429. The molecule has 2 heterocycles. The van der Waals surface area contributed by atoms with Crippen molar-refractivity contribution in [2.24, 2.45) is 0 Å². The summed E-state index contributed by atoms with van der Waals surface area (Å²) in [5.74, 6) is -5.08. The van der Waals surface area contributed by atoms with Crippen LogP contribution in [0.25, 0.3) is 5.83 Å². The Labute approximate surface area is 188 Å². The summed E-state index contributed by atoms with van der Waals surface area (Å²) in [6.45, 7) is 4.41. The minimum absolute atomic E-state index is 0.0121. The molecule has 3 rings (SSSR count). The maximum Gasteiger partial charge on any atom is 0.209 e. The first-order valence-corrected chi connectivity index (χ1v) is 11.9.